The summed E-state index contributed by atoms with van der Waals surface area (Å²) in [4.78, 5) is 0. The minimum Gasteiger partial charge on any atom is -0.493 e. The second-order valence-corrected chi connectivity index (χ2v) is 7.83. The van der Waals surface area contributed by atoms with Gasteiger partial charge in [0.15, 0.2) is 17.7 Å². The normalized spacial score (nSPS) is 11.0. The Kier molecular flexibility index (Phi) is 7.67. The molecule has 0 spiro atoms. The van der Waals surface area contributed by atoms with Crippen LogP contribution in [0.15, 0.2) is 42.6 Å². The molecule has 156 valence electrons. The molecule has 0 aliphatic rings. The van der Waals surface area contributed by atoms with E-state index in [0.29, 0.717) is 21.5 Å². The van der Waals surface area contributed by atoms with E-state index in [4.69, 9.17) is 37.2 Å². The van der Waals surface area contributed by atoms with E-state index in [2.05, 4.69) is 16.4 Å². The highest BCUT2D eigenvalue weighted by molar-refractivity contribution is 7.80. The van der Waals surface area contributed by atoms with Gasteiger partial charge in [0.1, 0.15) is 7.05 Å². The molecule has 0 radical (unpaired) electrons. The number of benzene rings is 2. The molecule has 0 saturated carbocycles. The number of halogens is 2. The minimum absolute atomic E-state index is 0.538. The van der Waals surface area contributed by atoms with Crippen molar-refractivity contribution < 1.29 is 31.2 Å². The zero-order chi connectivity index (χ0) is 21.8. The number of aromatic nitrogens is 1. The topological polar surface area (TPSA) is 85.9 Å². The molecule has 3 aromatic rings. The molecule has 0 unspecified atom stereocenters. The zero-order valence-corrected chi connectivity index (χ0v) is 18.5. The SMILES string of the molecule is COS(=O)(=O)O.COc1cc2cc(-c3ccc(Cl)c(Cl)c3)[n+](C)cc2cc1OC. The molecule has 29 heavy (non-hydrogen) atoms. The molecule has 0 bridgehead atoms. The second kappa shape index (κ2) is 9.60. The quantitative estimate of drug-likeness (QED) is 0.465. The fourth-order valence-corrected chi connectivity index (χ4v) is 2.92. The molecular formula is C19H20Cl2NO6S+. The van der Waals surface area contributed by atoms with Crippen molar-refractivity contribution in [2.24, 2.45) is 7.05 Å². The van der Waals surface area contributed by atoms with Gasteiger partial charge in [-0.25, -0.2) is 4.57 Å². The van der Waals surface area contributed by atoms with E-state index in [1.165, 1.54) is 0 Å². The first kappa shape index (κ1) is 23.2. The van der Waals surface area contributed by atoms with Gasteiger partial charge < -0.3 is 9.47 Å². The molecule has 7 nitrogen and oxygen atoms in total. The highest BCUT2D eigenvalue weighted by Gasteiger charge is 2.15. The van der Waals surface area contributed by atoms with E-state index in [1.54, 1.807) is 20.3 Å². The maximum atomic E-state index is 9.33. The smallest absolute Gasteiger partial charge is 0.397 e. The van der Waals surface area contributed by atoms with E-state index in [1.807, 2.05) is 35.9 Å². The average molecular weight is 461 g/mol. The Labute approximate surface area is 179 Å². The zero-order valence-electron chi connectivity index (χ0n) is 16.1. The van der Waals surface area contributed by atoms with Crippen LogP contribution in [-0.2, 0) is 21.6 Å². The number of methoxy groups -OCH3 is 2. The van der Waals surface area contributed by atoms with Crippen molar-refractivity contribution in [2.45, 2.75) is 0 Å². The van der Waals surface area contributed by atoms with E-state index >= 15 is 0 Å². The van der Waals surface area contributed by atoms with Crippen LogP contribution in [-0.4, -0.2) is 34.3 Å². The fraction of sp³-hybridized carbons (Fsp3) is 0.211. The molecule has 0 saturated heterocycles. The fourth-order valence-electron chi connectivity index (χ4n) is 2.62. The van der Waals surface area contributed by atoms with Gasteiger partial charge in [0.25, 0.3) is 0 Å². The van der Waals surface area contributed by atoms with Crippen molar-refractivity contribution >= 4 is 44.4 Å². The van der Waals surface area contributed by atoms with Crippen LogP contribution in [0.5, 0.6) is 11.5 Å². The van der Waals surface area contributed by atoms with E-state index in [-0.39, 0.29) is 0 Å². The molecule has 3 rings (SSSR count). The first-order valence-electron chi connectivity index (χ1n) is 8.13. The summed E-state index contributed by atoms with van der Waals surface area (Å²) in [7, 11) is 1.97. The highest BCUT2D eigenvalue weighted by Crippen LogP contribution is 2.33. The lowest BCUT2D eigenvalue weighted by Crippen LogP contribution is -2.30. The maximum absolute atomic E-state index is 9.33. The lowest BCUT2D eigenvalue weighted by Gasteiger charge is -2.10. The van der Waals surface area contributed by atoms with Gasteiger partial charge in [-0.05, 0) is 35.7 Å². The summed E-state index contributed by atoms with van der Waals surface area (Å²) in [6.07, 6.45) is 2.05. The van der Waals surface area contributed by atoms with Crippen LogP contribution >= 0.6 is 23.2 Å². The number of hydrogen-bond donors (Lipinski definition) is 1. The number of nitrogens with zero attached hydrogens (tertiary/aromatic N) is 1. The van der Waals surface area contributed by atoms with Crippen molar-refractivity contribution in [3.8, 4) is 22.8 Å². The van der Waals surface area contributed by atoms with Gasteiger partial charge in [-0.3, -0.25) is 8.74 Å². The summed E-state index contributed by atoms with van der Waals surface area (Å²) in [6.45, 7) is 0. The predicted octanol–water partition coefficient (Wildman–Crippen LogP) is 4.09. The van der Waals surface area contributed by atoms with Crippen LogP contribution in [0.2, 0.25) is 10.0 Å². The Morgan fingerprint density at radius 3 is 1.93 bits per heavy atom. The third kappa shape index (κ3) is 5.94. The number of fused-ring (bicyclic) bond motifs is 1. The Hall–Kier alpha value is -2.10. The van der Waals surface area contributed by atoms with E-state index < -0.39 is 10.4 Å². The molecule has 1 aromatic heterocycles. The van der Waals surface area contributed by atoms with Gasteiger partial charge in [0.2, 0.25) is 5.69 Å². The summed E-state index contributed by atoms with van der Waals surface area (Å²) in [5, 5.41) is 3.21. The third-order valence-corrected chi connectivity index (χ3v) is 5.18. The van der Waals surface area contributed by atoms with Gasteiger partial charge in [-0.15, -0.1) is 0 Å². The van der Waals surface area contributed by atoms with Crippen LogP contribution < -0.4 is 14.0 Å². The monoisotopic (exact) mass is 460 g/mol. The Balaban J connectivity index is 0.000000438. The molecule has 2 aromatic carbocycles. The van der Waals surface area contributed by atoms with Gasteiger partial charge >= 0.3 is 10.4 Å². The van der Waals surface area contributed by atoms with Crippen molar-refractivity contribution in [3.63, 3.8) is 0 Å². The molecule has 1 heterocycles. The Morgan fingerprint density at radius 1 is 0.897 bits per heavy atom. The largest absolute Gasteiger partial charge is 0.493 e. The molecule has 1 N–H and O–H groups in total. The minimum atomic E-state index is -4.16. The van der Waals surface area contributed by atoms with Crippen LogP contribution in [0, 0.1) is 0 Å². The highest BCUT2D eigenvalue weighted by atomic mass is 35.5. The Morgan fingerprint density at radius 2 is 1.45 bits per heavy atom. The summed E-state index contributed by atoms with van der Waals surface area (Å²) < 4.78 is 42.5. The van der Waals surface area contributed by atoms with Crippen molar-refractivity contribution in [1.82, 2.24) is 0 Å². The van der Waals surface area contributed by atoms with E-state index in [9.17, 15) is 8.42 Å². The molecular weight excluding hydrogens is 441 g/mol. The van der Waals surface area contributed by atoms with E-state index in [0.717, 1.165) is 29.1 Å². The van der Waals surface area contributed by atoms with Crippen LogP contribution in [0.3, 0.4) is 0 Å². The van der Waals surface area contributed by atoms with Crippen LogP contribution in [0.25, 0.3) is 22.0 Å². The summed E-state index contributed by atoms with van der Waals surface area (Å²) >= 11 is 12.2. The molecule has 10 heteroatoms. The third-order valence-electron chi connectivity index (χ3n) is 4.02. The van der Waals surface area contributed by atoms with Gasteiger partial charge in [-0.1, -0.05) is 23.2 Å². The van der Waals surface area contributed by atoms with Gasteiger partial charge in [-0.2, -0.15) is 8.42 Å². The number of aryl methyl sites for hydroxylation is 1. The summed E-state index contributed by atoms with van der Waals surface area (Å²) in [6, 6.07) is 11.7. The molecule has 0 aliphatic carbocycles. The average Bonchev–Trinajstić information content (AvgIpc) is 2.68. The Bertz CT molecular complexity index is 1140. The number of ether oxygens (including phenoxy) is 2. The standard InChI is InChI=1S/C18H16Cl2NO2.CH4O4S/c1-21-10-13-9-18(23-3)17(22-2)8-12(13)7-16(21)11-4-5-14(19)15(20)6-11;1-5-6(2,3)4/h4-10H,1-3H3;1H3,(H,2,3,4)/q+1;. The van der Waals surface area contributed by atoms with Crippen LogP contribution in [0.1, 0.15) is 0 Å². The van der Waals surface area contributed by atoms with Crippen molar-refractivity contribution in [1.29, 1.82) is 0 Å². The van der Waals surface area contributed by atoms with Gasteiger partial charge in [0, 0.05) is 17.0 Å². The number of pyridine rings is 1. The predicted molar refractivity (Wildman–Crippen MR) is 112 cm³/mol. The second-order valence-electron chi connectivity index (χ2n) is 5.83. The first-order chi connectivity index (χ1) is 13.6. The molecule has 0 atom stereocenters. The van der Waals surface area contributed by atoms with Crippen LogP contribution in [0.4, 0.5) is 0 Å². The van der Waals surface area contributed by atoms with Gasteiger partial charge in [0.05, 0.1) is 31.4 Å². The molecule has 0 amide bonds. The molecule has 0 aliphatic heterocycles. The first-order valence-corrected chi connectivity index (χ1v) is 10.3. The lowest BCUT2D eigenvalue weighted by atomic mass is 10.1. The number of hydrogen-bond acceptors (Lipinski definition) is 5. The summed E-state index contributed by atoms with van der Waals surface area (Å²) in [5.41, 5.74) is 2.03. The lowest BCUT2D eigenvalue weighted by molar-refractivity contribution is -0.659. The van der Waals surface area contributed by atoms with Crippen molar-refractivity contribution in [3.05, 3.63) is 52.6 Å². The maximum Gasteiger partial charge on any atom is 0.397 e. The number of rotatable bonds is 4. The molecule has 0 fully saturated rings. The van der Waals surface area contributed by atoms with Crippen molar-refractivity contribution in [2.75, 3.05) is 21.3 Å². The summed E-state index contributed by atoms with van der Waals surface area (Å²) in [5.74, 6) is 1.41.